The van der Waals surface area contributed by atoms with E-state index in [1.54, 1.807) is 18.2 Å². The molecular formula is C10H6BrClO4S2. The van der Waals surface area contributed by atoms with Gasteiger partial charge in [0.05, 0.1) is 7.11 Å². The third kappa shape index (κ3) is 2.40. The van der Waals surface area contributed by atoms with Crippen molar-refractivity contribution in [2.45, 2.75) is 4.90 Å². The SMILES string of the molecule is COC(=O)c1sc2cc(Br)ccc2c1S(=O)(=O)Cl. The molecule has 0 aliphatic carbocycles. The Labute approximate surface area is 120 Å². The summed E-state index contributed by atoms with van der Waals surface area (Å²) in [7, 11) is 2.55. The van der Waals surface area contributed by atoms with Crippen molar-refractivity contribution in [1.29, 1.82) is 0 Å². The van der Waals surface area contributed by atoms with Gasteiger partial charge in [-0.2, -0.15) is 0 Å². The molecule has 0 N–H and O–H groups in total. The lowest BCUT2D eigenvalue weighted by Crippen LogP contribution is -2.03. The van der Waals surface area contributed by atoms with Crippen molar-refractivity contribution >= 4 is 63.1 Å². The maximum atomic E-state index is 11.6. The predicted octanol–water partition coefficient (Wildman–Crippen LogP) is 3.38. The molecule has 0 atom stereocenters. The van der Waals surface area contributed by atoms with Gasteiger partial charge in [0.15, 0.2) is 0 Å². The van der Waals surface area contributed by atoms with Crippen molar-refractivity contribution < 1.29 is 17.9 Å². The van der Waals surface area contributed by atoms with E-state index in [-0.39, 0.29) is 9.77 Å². The minimum Gasteiger partial charge on any atom is -0.465 e. The number of carbonyl (C=O) groups excluding carboxylic acids is 1. The number of ether oxygens (including phenoxy) is 1. The molecule has 0 saturated heterocycles. The molecule has 4 nitrogen and oxygen atoms in total. The highest BCUT2D eigenvalue weighted by Gasteiger charge is 2.27. The molecule has 1 heterocycles. The first kappa shape index (κ1) is 13.8. The van der Waals surface area contributed by atoms with E-state index < -0.39 is 15.0 Å². The highest BCUT2D eigenvalue weighted by Crippen LogP contribution is 2.38. The lowest BCUT2D eigenvalue weighted by Gasteiger charge is -1.98. The van der Waals surface area contributed by atoms with Gasteiger partial charge in [-0.3, -0.25) is 0 Å². The van der Waals surface area contributed by atoms with Gasteiger partial charge >= 0.3 is 5.97 Å². The summed E-state index contributed by atoms with van der Waals surface area (Å²) in [5.74, 6) is -0.716. The van der Waals surface area contributed by atoms with Crippen LogP contribution in [0.1, 0.15) is 9.67 Å². The Morgan fingerprint density at radius 3 is 2.67 bits per heavy atom. The number of esters is 1. The van der Waals surface area contributed by atoms with E-state index >= 15 is 0 Å². The van der Waals surface area contributed by atoms with Gasteiger partial charge in [-0.15, -0.1) is 11.3 Å². The van der Waals surface area contributed by atoms with E-state index in [2.05, 4.69) is 20.7 Å². The zero-order valence-corrected chi connectivity index (χ0v) is 12.9. The molecule has 0 spiro atoms. The maximum absolute atomic E-state index is 11.6. The van der Waals surface area contributed by atoms with Crippen molar-refractivity contribution in [2.24, 2.45) is 0 Å². The van der Waals surface area contributed by atoms with Crippen LogP contribution in [0.25, 0.3) is 10.1 Å². The van der Waals surface area contributed by atoms with Crippen molar-refractivity contribution in [3.8, 4) is 0 Å². The van der Waals surface area contributed by atoms with Crippen LogP contribution in [0.3, 0.4) is 0 Å². The molecule has 0 aliphatic rings. The summed E-state index contributed by atoms with van der Waals surface area (Å²) in [5.41, 5.74) is 0. The fourth-order valence-electron chi connectivity index (χ4n) is 1.52. The van der Waals surface area contributed by atoms with Gasteiger partial charge in [-0.05, 0) is 12.1 Å². The lowest BCUT2D eigenvalue weighted by atomic mass is 10.2. The molecule has 0 fully saturated rings. The maximum Gasteiger partial charge on any atom is 0.349 e. The lowest BCUT2D eigenvalue weighted by molar-refractivity contribution is 0.0602. The molecule has 0 amide bonds. The molecule has 18 heavy (non-hydrogen) atoms. The average molecular weight is 370 g/mol. The largest absolute Gasteiger partial charge is 0.465 e. The highest BCUT2D eigenvalue weighted by atomic mass is 79.9. The van der Waals surface area contributed by atoms with Crippen molar-refractivity contribution in [3.63, 3.8) is 0 Å². The first-order valence-electron chi connectivity index (χ1n) is 4.59. The highest BCUT2D eigenvalue weighted by molar-refractivity contribution is 9.10. The smallest absolute Gasteiger partial charge is 0.349 e. The first-order chi connectivity index (χ1) is 8.34. The van der Waals surface area contributed by atoms with Gasteiger partial charge < -0.3 is 4.74 Å². The number of methoxy groups -OCH3 is 1. The van der Waals surface area contributed by atoms with Crippen LogP contribution >= 0.6 is 37.9 Å². The number of thiophene rings is 1. The number of carbonyl (C=O) groups is 1. The van der Waals surface area contributed by atoms with Crippen LogP contribution in [0.5, 0.6) is 0 Å². The Hall–Kier alpha value is -0.630. The van der Waals surface area contributed by atoms with E-state index in [0.29, 0.717) is 10.1 Å². The molecule has 0 radical (unpaired) electrons. The number of hydrogen-bond donors (Lipinski definition) is 0. The van der Waals surface area contributed by atoms with Crippen LogP contribution in [0, 0.1) is 0 Å². The molecule has 2 rings (SSSR count). The normalized spacial score (nSPS) is 11.7. The van der Waals surface area contributed by atoms with E-state index in [1.165, 1.54) is 7.11 Å². The molecule has 96 valence electrons. The average Bonchev–Trinajstić information content (AvgIpc) is 2.65. The van der Waals surface area contributed by atoms with Crippen LogP contribution in [0.4, 0.5) is 0 Å². The molecule has 0 aliphatic heterocycles. The van der Waals surface area contributed by atoms with E-state index in [1.807, 2.05) is 0 Å². The molecule has 0 unspecified atom stereocenters. The second kappa shape index (κ2) is 4.80. The number of halogens is 2. The summed E-state index contributed by atoms with van der Waals surface area (Å²) in [6.07, 6.45) is 0. The number of benzene rings is 1. The van der Waals surface area contributed by atoms with Crippen LogP contribution < -0.4 is 0 Å². The molecule has 1 aromatic heterocycles. The van der Waals surface area contributed by atoms with Crippen LogP contribution in [0.15, 0.2) is 27.6 Å². The minimum absolute atomic E-state index is 0.0133. The quantitative estimate of drug-likeness (QED) is 0.601. The summed E-state index contributed by atoms with van der Waals surface area (Å²) < 4.78 is 29.2. The Bertz CT molecular complexity index is 736. The molecular weight excluding hydrogens is 364 g/mol. The molecule has 8 heteroatoms. The fraction of sp³-hybridized carbons (Fsp3) is 0.100. The van der Waals surface area contributed by atoms with Crippen LogP contribution in [-0.4, -0.2) is 21.5 Å². The van der Waals surface area contributed by atoms with Gasteiger partial charge in [-0.25, -0.2) is 13.2 Å². The van der Waals surface area contributed by atoms with Gasteiger partial charge in [0.2, 0.25) is 0 Å². The molecule has 0 bridgehead atoms. The molecule has 0 saturated carbocycles. The van der Waals surface area contributed by atoms with Gasteiger partial charge in [0.25, 0.3) is 9.05 Å². The van der Waals surface area contributed by atoms with Gasteiger partial charge in [0.1, 0.15) is 9.77 Å². The molecule has 2 aromatic rings. The molecule has 1 aromatic carbocycles. The summed E-state index contributed by atoms with van der Waals surface area (Å²) in [6, 6.07) is 5.00. The van der Waals surface area contributed by atoms with E-state index in [0.717, 1.165) is 15.8 Å². The first-order valence-corrected chi connectivity index (χ1v) is 8.51. The second-order valence-electron chi connectivity index (χ2n) is 3.33. The zero-order valence-electron chi connectivity index (χ0n) is 8.94. The Morgan fingerprint density at radius 1 is 1.44 bits per heavy atom. The Morgan fingerprint density at radius 2 is 2.11 bits per heavy atom. The van der Waals surface area contributed by atoms with E-state index in [4.69, 9.17) is 10.7 Å². The van der Waals surface area contributed by atoms with Crippen LogP contribution in [-0.2, 0) is 13.8 Å². The summed E-state index contributed by atoms with van der Waals surface area (Å²) in [4.78, 5) is 11.4. The van der Waals surface area contributed by atoms with Crippen molar-refractivity contribution in [1.82, 2.24) is 0 Å². The predicted molar refractivity (Wildman–Crippen MR) is 73.9 cm³/mol. The van der Waals surface area contributed by atoms with E-state index in [9.17, 15) is 13.2 Å². The second-order valence-corrected chi connectivity index (χ2v) is 7.80. The number of hydrogen-bond acceptors (Lipinski definition) is 5. The van der Waals surface area contributed by atoms with Gasteiger partial charge in [-0.1, -0.05) is 22.0 Å². The summed E-state index contributed by atoms with van der Waals surface area (Å²) >= 11 is 4.31. The summed E-state index contributed by atoms with van der Waals surface area (Å²) in [5, 5.41) is 0.415. The third-order valence-corrected chi connectivity index (χ3v) is 5.35. The zero-order chi connectivity index (χ0) is 13.5. The van der Waals surface area contributed by atoms with Crippen molar-refractivity contribution in [3.05, 3.63) is 27.5 Å². The summed E-state index contributed by atoms with van der Waals surface area (Å²) in [6.45, 7) is 0. The van der Waals surface area contributed by atoms with Crippen molar-refractivity contribution in [2.75, 3.05) is 7.11 Å². The monoisotopic (exact) mass is 368 g/mol. The third-order valence-electron chi connectivity index (χ3n) is 2.22. The topological polar surface area (TPSA) is 60.4 Å². The number of rotatable bonds is 2. The number of fused-ring (bicyclic) bond motifs is 1. The van der Waals surface area contributed by atoms with Gasteiger partial charge in [0, 0.05) is 25.2 Å². The fourth-order valence-corrected chi connectivity index (χ4v) is 4.97. The standard InChI is InChI=1S/C10H6BrClO4S2/c1-16-10(13)8-9(18(12,14)15)6-3-2-5(11)4-7(6)17-8/h2-4H,1H3. The minimum atomic E-state index is -4.02. The Kier molecular flexibility index (Phi) is 3.68. The Balaban J connectivity index is 2.89. The van der Waals surface area contributed by atoms with Crippen LogP contribution in [0.2, 0.25) is 0 Å².